The number of hydrogen-bond acceptors (Lipinski definition) is 2. The van der Waals surface area contributed by atoms with E-state index in [0.29, 0.717) is 5.56 Å². The van der Waals surface area contributed by atoms with Crippen LogP contribution in [0.25, 0.3) is 21.8 Å². The Hall–Kier alpha value is -2.82. The fourth-order valence-corrected chi connectivity index (χ4v) is 3.70. The Morgan fingerprint density at radius 2 is 1.80 bits per heavy atom. The third kappa shape index (κ3) is 2.86. The van der Waals surface area contributed by atoms with Crippen LogP contribution in [0.4, 0.5) is 0 Å². The molecular weight excluding hydrogens is 314 g/mol. The second kappa shape index (κ2) is 6.59. The highest BCUT2D eigenvalue weighted by atomic mass is 16.1. The van der Waals surface area contributed by atoms with E-state index in [0.717, 1.165) is 40.3 Å². The van der Waals surface area contributed by atoms with Crippen LogP contribution in [-0.4, -0.2) is 16.4 Å². The van der Waals surface area contributed by atoms with E-state index in [1.54, 1.807) is 0 Å². The molecule has 130 valence electrons. The van der Waals surface area contributed by atoms with Crippen LogP contribution in [0.3, 0.4) is 0 Å². The molecule has 5 heteroatoms. The zero-order chi connectivity index (χ0) is 18.1. The van der Waals surface area contributed by atoms with Gasteiger partial charge < -0.3 is 16.0 Å². The summed E-state index contributed by atoms with van der Waals surface area (Å²) in [5.41, 5.74) is 14.4. The second-order valence-corrected chi connectivity index (χ2v) is 6.37. The van der Waals surface area contributed by atoms with Crippen molar-refractivity contribution < 1.29 is 9.59 Å². The average Bonchev–Trinajstić information content (AvgIpc) is 2.92. The summed E-state index contributed by atoms with van der Waals surface area (Å²) in [6, 6.07) is 12.0. The highest BCUT2D eigenvalue weighted by Gasteiger charge is 2.21. The number of nitrogens with zero attached hydrogens (tertiary/aromatic N) is 1. The van der Waals surface area contributed by atoms with Gasteiger partial charge in [-0.1, -0.05) is 25.1 Å². The van der Waals surface area contributed by atoms with E-state index in [1.165, 1.54) is 0 Å². The van der Waals surface area contributed by atoms with Crippen LogP contribution >= 0.6 is 0 Å². The summed E-state index contributed by atoms with van der Waals surface area (Å²) in [5, 5.41) is 2.07. The van der Waals surface area contributed by atoms with Crippen LogP contribution in [0.1, 0.15) is 48.5 Å². The molecule has 5 nitrogen and oxygen atoms in total. The number of carbonyl (C=O) groups is 2. The molecule has 0 saturated carbocycles. The summed E-state index contributed by atoms with van der Waals surface area (Å²) < 4.78 is 2.11. The number of hydrogen-bond donors (Lipinski definition) is 2. The Kier molecular flexibility index (Phi) is 4.49. The van der Waals surface area contributed by atoms with Gasteiger partial charge in [-0.25, -0.2) is 0 Å². The minimum atomic E-state index is -0.460. The maximum absolute atomic E-state index is 12.2. The fraction of sp³-hybridized carbons (Fsp3) is 0.300. The molecule has 0 radical (unpaired) electrons. The molecule has 0 aliphatic carbocycles. The number of para-hydroxylation sites is 1. The summed E-state index contributed by atoms with van der Waals surface area (Å²) in [4.78, 5) is 23.6. The summed E-state index contributed by atoms with van der Waals surface area (Å²) in [6.45, 7) is 4.80. The number of nitrogens with two attached hydrogens (primary N) is 2. The standard InChI is InChI=1S/C20H23N3O2/c1-3-12(11-18(21)24)13-9-15-14-7-5-6-8-17(14)23(4-2)19(15)16(10-13)20(22)25/h5-10,12H,3-4,11H2,1-2H3,(H2,21,24)(H2,22,25). The first-order chi connectivity index (χ1) is 12.0. The fourth-order valence-electron chi connectivity index (χ4n) is 3.70. The molecule has 0 aliphatic rings. The maximum Gasteiger partial charge on any atom is 0.250 e. The summed E-state index contributed by atoms with van der Waals surface area (Å²) in [7, 11) is 0. The number of aromatic nitrogens is 1. The number of amides is 2. The van der Waals surface area contributed by atoms with E-state index >= 15 is 0 Å². The van der Waals surface area contributed by atoms with Crippen molar-refractivity contribution in [2.24, 2.45) is 11.5 Å². The van der Waals surface area contributed by atoms with Gasteiger partial charge in [0, 0.05) is 29.3 Å². The van der Waals surface area contributed by atoms with Crippen molar-refractivity contribution in [3.63, 3.8) is 0 Å². The second-order valence-electron chi connectivity index (χ2n) is 6.37. The molecule has 4 N–H and O–H groups in total. The molecule has 0 fully saturated rings. The van der Waals surface area contributed by atoms with Crippen LogP contribution in [-0.2, 0) is 11.3 Å². The number of aryl methyl sites for hydroxylation is 1. The van der Waals surface area contributed by atoms with E-state index in [9.17, 15) is 9.59 Å². The largest absolute Gasteiger partial charge is 0.370 e. The smallest absolute Gasteiger partial charge is 0.250 e. The van der Waals surface area contributed by atoms with Crippen molar-refractivity contribution in [2.45, 2.75) is 39.2 Å². The van der Waals surface area contributed by atoms with Gasteiger partial charge in [-0.3, -0.25) is 9.59 Å². The first-order valence-corrected chi connectivity index (χ1v) is 8.60. The number of primary amides is 2. The molecule has 1 atom stereocenters. The zero-order valence-corrected chi connectivity index (χ0v) is 14.6. The molecule has 25 heavy (non-hydrogen) atoms. The minimum absolute atomic E-state index is 0.0243. The molecule has 3 rings (SSSR count). The lowest BCUT2D eigenvalue weighted by atomic mass is 9.90. The molecule has 1 heterocycles. The van der Waals surface area contributed by atoms with Gasteiger partial charge in [-0.05, 0) is 43.0 Å². The van der Waals surface area contributed by atoms with Crippen LogP contribution in [0.5, 0.6) is 0 Å². The Morgan fingerprint density at radius 1 is 1.08 bits per heavy atom. The van der Waals surface area contributed by atoms with Crippen molar-refractivity contribution in [1.29, 1.82) is 0 Å². The van der Waals surface area contributed by atoms with Crippen molar-refractivity contribution in [1.82, 2.24) is 4.57 Å². The molecule has 2 amide bonds. The Morgan fingerprint density at radius 3 is 2.40 bits per heavy atom. The third-order valence-corrected chi connectivity index (χ3v) is 4.88. The van der Waals surface area contributed by atoms with Crippen molar-refractivity contribution in [3.05, 3.63) is 47.5 Å². The van der Waals surface area contributed by atoms with Crippen LogP contribution in [0.15, 0.2) is 36.4 Å². The minimum Gasteiger partial charge on any atom is -0.370 e. The predicted molar refractivity (Wildman–Crippen MR) is 100 cm³/mol. The van der Waals surface area contributed by atoms with E-state index in [4.69, 9.17) is 11.5 Å². The van der Waals surface area contributed by atoms with Crippen molar-refractivity contribution in [2.75, 3.05) is 0 Å². The van der Waals surface area contributed by atoms with E-state index < -0.39 is 5.91 Å². The van der Waals surface area contributed by atoms with Gasteiger partial charge in [0.05, 0.1) is 11.1 Å². The molecule has 1 unspecified atom stereocenters. The Labute approximate surface area is 146 Å². The lowest BCUT2D eigenvalue weighted by Crippen LogP contribution is -2.17. The molecule has 1 aromatic heterocycles. The maximum atomic E-state index is 12.2. The van der Waals surface area contributed by atoms with Gasteiger partial charge in [0.15, 0.2) is 0 Å². The lowest BCUT2D eigenvalue weighted by Gasteiger charge is -2.16. The predicted octanol–water partition coefficient (Wildman–Crippen LogP) is 3.28. The lowest BCUT2D eigenvalue weighted by molar-refractivity contribution is -0.118. The van der Waals surface area contributed by atoms with Crippen LogP contribution < -0.4 is 11.5 Å². The molecule has 0 aliphatic heterocycles. The highest BCUT2D eigenvalue weighted by Crippen LogP contribution is 2.35. The topological polar surface area (TPSA) is 91.1 Å². The van der Waals surface area contributed by atoms with Gasteiger partial charge in [-0.2, -0.15) is 0 Å². The molecule has 0 saturated heterocycles. The van der Waals surface area contributed by atoms with Gasteiger partial charge in [0.25, 0.3) is 5.91 Å². The monoisotopic (exact) mass is 337 g/mol. The molecular formula is C20H23N3O2. The summed E-state index contributed by atoms with van der Waals surface area (Å²) in [5.74, 6) is -0.828. The molecule has 0 bridgehead atoms. The van der Waals surface area contributed by atoms with Gasteiger partial charge >= 0.3 is 0 Å². The van der Waals surface area contributed by atoms with Gasteiger partial charge in [-0.15, -0.1) is 0 Å². The zero-order valence-electron chi connectivity index (χ0n) is 14.6. The average molecular weight is 337 g/mol. The van der Waals surface area contributed by atoms with Crippen LogP contribution in [0, 0.1) is 0 Å². The molecule has 0 spiro atoms. The quantitative estimate of drug-likeness (QED) is 0.722. The van der Waals surface area contributed by atoms with E-state index in [1.807, 2.05) is 44.2 Å². The van der Waals surface area contributed by atoms with E-state index in [-0.39, 0.29) is 18.2 Å². The summed E-state index contributed by atoms with van der Waals surface area (Å²) in [6.07, 6.45) is 1.02. The number of rotatable bonds is 6. The Balaban J connectivity index is 2.38. The number of fused-ring (bicyclic) bond motifs is 3. The first-order valence-electron chi connectivity index (χ1n) is 8.60. The SMILES string of the molecule is CCC(CC(N)=O)c1cc(C(N)=O)c2c(c1)c1ccccc1n2CC. The molecule has 2 aromatic carbocycles. The normalized spacial score (nSPS) is 12.6. The third-order valence-electron chi connectivity index (χ3n) is 4.88. The van der Waals surface area contributed by atoms with Gasteiger partial charge in [0.1, 0.15) is 0 Å². The number of carbonyl (C=O) groups excluding carboxylic acids is 2. The Bertz CT molecular complexity index is 972. The molecule has 3 aromatic rings. The summed E-state index contributed by atoms with van der Waals surface area (Å²) >= 11 is 0. The van der Waals surface area contributed by atoms with Crippen molar-refractivity contribution >= 4 is 33.6 Å². The van der Waals surface area contributed by atoms with Gasteiger partial charge in [0.2, 0.25) is 5.91 Å². The van der Waals surface area contributed by atoms with Crippen molar-refractivity contribution in [3.8, 4) is 0 Å². The van der Waals surface area contributed by atoms with E-state index in [2.05, 4.69) is 10.6 Å². The highest BCUT2D eigenvalue weighted by molar-refractivity contribution is 6.15. The van der Waals surface area contributed by atoms with Crippen LogP contribution in [0.2, 0.25) is 0 Å². The first kappa shape index (κ1) is 17.0. The number of benzene rings is 2.